The van der Waals surface area contributed by atoms with E-state index >= 15 is 0 Å². The number of carbonyl (C=O) groups excluding carboxylic acids is 2. The van der Waals surface area contributed by atoms with Gasteiger partial charge in [0.05, 0.1) is 0 Å². The minimum Gasteiger partial charge on any atom is -0.343 e. The molecule has 0 radical (unpaired) electrons. The molecule has 1 amide bonds. The number of hydrogen-bond donors (Lipinski definition) is 0. The Bertz CT molecular complexity index is 1220. The third-order valence-electron chi connectivity index (χ3n) is 7.85. The minimum atomic E-state index is 0. The van der Waals surface area contributed by atoms with Crippen LogP contribution in [0.5, 0.6) is 0 Å². The average Bonchev–Trinajstić information content (AvgIpc) is 3.13. The average molecular weight is 552 g/mol. The standard InChI is InChI=1S/C32H35ClN2O2.ClH/c33-30-12-10-26(11-13-30)27-16-19-35(20-17-27)32(37)15-14-31(36)28-9-8-25-7-4-18-34(23-29(25)21-28)22-24-5-2-1-3-6-24;/h1-3,5-6,8-13,21,27H,4,7,14-20,22-23H2;1H. The Labute approximate surface area is 237 Å². The molecule has 0 N–H and O–H groups in total. The van der Waals surface area contributed by atoms with Crippen LogP contribution < -0.4 is 0 Å². The Morgan fingerprint density at radius 3 is 2.32 bits per heavy atom. The number of fused-ring (bicyclic) bond motifs is 1. The number of ketones is 1. The van der Waals surface area contributed by atoms with E-state index in [1.165, 1.54) is 22.3 Å². The minimum absolute atomic E-state index is 0. The molecular weight excluding hydrogens is 515 g/mol. The molecule has 0 saturated carbocycles. The Morgan fingerprint density at radius 1 is 0.842 bits per heavy atom. The summed E-state index contributed by atoms with van der Waals surface area (Å²) in [6.45, 7) is 4.32. The van der Waals surface area contributed by atoms with Crippen molar-refractivity contribution in [1.29, 1.82) is 0 Å². The molecule has 2 heterocycles. The lowest BCUT2D eigenvalue weighted by Crippen LogP contribution is -2.38. The number of nitrogens with zero attached hydrogens (tertiary/aromatic N) is 2. The number of amides is 1. The third-order valence-corrected chi connectivity index (χ3v) is 8.10. The van der Waals surface area contributed by atoms with Crippen LogP contribution in [-0.2, 0) is 24.3 Å². The monoisotopic (exact) mass is 550 g/mol. The number of piperidine rings is 1. The number of hydrogen-bond acceptors (Lipinski definition) is 3. The fraction of sp³-hybridized carbons (Fsp3) is 0.375. The second-order valence-corrected chi connectivity index (χ2v) is 10.8. The molecule has 5 rings (SSSR count). The molecule has 38 heavy (non-hydrogen) atoms. The predicted octanol–water partition coefficient (Wildman–Crippen LogP) is 7.08. The van der Waals surface area contributed by atoms with E-state index in [4.69, 9.17) is 11.6 Å². The van der Waals surface area contributed by atoms with Crippen LogP contribution >= 0.6 is 24.0 Å². The SMILES string of the molecule is Cl.O=C(CCC(=O)N1CCC(c2ccc(Cl)cc2)CC1)c1ccc2c(c1)CN(Cc1ccccc1)CCC2. The molecule has 1 saturated heterocycles. The van der Waals surface area contributed by atoms with Crippen molar-refractivity contribution in [2.75, 3.05) is 19.6 Å². The fourth-order valence-electron chi connectivity index (χ4n) is 5.70. The van der Waals surface area contributed by atoms with Gasteiger partial charge in [0.15, 0.2) is 5.78 Å². The molecule has 0 aliphatic carbocycles. The van der Waals surface area contributed by atoms with Gasteiger partial charge in [0.2, 0.25) is 5.91 Å². The maximum atomic E-state index is 13.0. The van der Waals surface area contributed by atoms with E-state index in [2.05, 4.69) is 53.4 Å². The van der Waals surface area contributed by atoms with Crippen LogP contribution in [0.25, 0.3) is 0 Å². The molecule has 0 unspecified atom stereocenters. The van der Waals surface area contributed by atoms with E-state index in [-0.39, 0.29) is 36.9 Å². The zero-order valence-electron chi connectivity index (χ0n) is 21.8. The van der Waals surface area contributed by atoms with Crippen molar-refractivity contribution in [3.05, 3.63) is 106 Å². The fourth-order valence-corrected chi connectivity index (χ4v) is 5.83. The van der Waals surface area contributed by atoms with Crippen LogP contribution in [0.4, 0.5) is 0 Å². The van der Waals surface area contributed by atoms with Crippen LogP contribution in [0, 0.1) is 0 Å². The molecule has 200 valence electrons. The van der Waals surface area contributed by atoms with E-state index in [1.54, 1.807) is 0 Å². The van der Waals surface area contributed by atoms with Gasteiger partial charge in [-0.3, -0.25) is 14.5 Å². The lowest BCUT2D eigenvalue weighted by atomic mass is 9.89. The summed E-state index contributed by atoms with van der Waals surface area (Å²) >= 11 is 6.02. The Kier molecular flexibility index (Phi) is 10.0. The van der Waals surface area contributed by atoms with Crippen LogP contribution in [0.1, 0.15) is 70.6 Å². The summed E-state index contributed by atoms with van der Waals surface area (Å²) in [5.41, 5.74) is 5.92. The van der Waals surface area contributed by atoms with Gasteiger partial charge in [0.1, 0.15) is 0 Å². The van der Waals surface area contributed by atoms with Crippen molar-refractivity contribution >= 4 is 35.7 Å². The molecule has 0 atom stereocenters. The second kappa shape index (κ2) is 13.4. The first-order chi connectivity index (χ1) is 18.0. The summed E-state index contributed by atoms with van der Waals surface area (Å²) in [7, 11) is 0. The molecule has 3 aromatic carbocycles. The van der Waals surface area contributed by atoms with Crippen molar-refractivity contribution in [3.8, 4) is 0 Å². The highest BCUT2D eigenvalue weighted by Gasteiger charge is 2.24. The van der Waals surface area contributed by atoms with E-state index in [9.17, 15) is 9.59 Å². The van der Waals surface area contributed by atoms with Gasteiger partial charge in [-0.05, 0) is 78.6 Å². The van der Waals surface area contributed by atoms with Crippen molar-refractivity contribution in [2.45, 2.75) is 57.5 Å². The van der Waals surface area contributed by atoms with Crippen molar-refractivity contribution < 1.29 is 9.59 Å². The normalized spacial score (nSPS) is 16.3. The van der Waals surface area contributed by atoms with Gasteiger partial charge in [-0.15, -0.1) is 12.4 Å². The lowest BCUT2D eigenvalue weighted by Gasteiger charge is -2.32. The molecule has 2 aliphatic heterocycles. The Balaban J connectivity index is 0.00000336. The maximum Gasteiger partial charge on any atom is 0.223 e. The van der Waals surface area contributed by atoms with Crippen LogP contribution in [-0.4, -0.2) is 41.1 Å². The van der Waals surface area contributed by atoms with Gasteiger partial charge in [0, 0.05) is 49.6 Å². The zero-order chi connectivity index (χ0) is 25.6. The van der Waals surface area contributed by atoms with Crippen LogP contribution in [0.2, 0.25) is 5.02 Å². The van der Waals surface area contributed by atoms with Gasteiger partial charge in [-0.1, -0.05) is 66.2 Å². The molecule has 0 aromatic heterocycles. The van der Waals surface area contributed by atoms with E-state index < -0.39 is 0 Å². The third kappa shape index (κ3) is 7.25. The highest BCUT2D eigenvalue weighted by atomic mass is 35.5. The number of rotatable bonds is 7. The smallest absolute Gasteiger partial charge is 0.223 e. The first-order valence-corrected chi connectivity index (χ1v) is 13.9. The molecule has 0 bridgehead atoms. The summed E-state index contributed by atoms with van der Waals surface area (Å²) in [4.78, 5) is 30.3. The Hall–Kier alpha value is -2.66. The van der Waals surface area contributed by atoms with Crippen LogP contribution in [0.3, 0.4) is 0 Å². The van der Waals surface area contributed by atoms with Gasteiger partial charge in [-0.25, -0.2) is 0 Å². The van der Waals surface area contributed by atoms with Gasteiger partial charge < -0.3 is 4.90 Å². The topological polar surface area (TPSA) is 40.6 Å². The first-order valence-electron chi connectivity index (χ1n) is 13.5. The highest BCUT2D eigenvalue weighted by molar-refractivity contribution is 6.30. The summed E-state index contributed by atoms with van der Waals surface area (Å²) in [5, 5.41) is 0.750. The lowest BCUT2D eigenvalue weighted by molar-refractivity contribution is -0.132. The predicted molar refractivity (Wildman–Crippen MR) is 156 cm³/mol. The maximum absolute atomic E-state index is 13.0. The Morgan fingerprint density at radius 2 is 1.58 bits per heavy atom. The van der Waals surface area contributed by atoms with E-state index in [0.29, 0.717) is 5.92 Å². The van der Waals surface area contributed by atoms with Crippen molar-refractivity contribution in [2.24, 2.45) is 0 Å². The highest BCUT2D eigenvalue weighted by Crippen LogP contribution is 2.29. The molecule has 0 spiro atoms. The molecule has 1 fully saturated rings. The molecule has 4 nitrogen and oxygen atoms in total. The summed E-state index contributed by atoms with van der Waals surface area (Å²) in [6, 6.07) is 24.8. The quantitative estimate of drug-likeness (QED) is 0.295. The molecule has 3 aromatic rings. The second-order valence-electron chi connectivity index (χ2n) is 10.4. The largest absolute Gasteiger partial charge is 0.343 e. The van der Waals surface area contributed by atoms with Crippen LogP contribution in [0.15, 0.2) is 72.8 Å². The van der Waals surface area contributed by atoms with E-state index in [0.717, 1.165) is 69.0 Å². The number of benzene rings is 3. The molecule has 6 heteroatoms. The van der Waals surface area contributed by atoms with Gasteiger partial charge >= 0.3 is 0 Å². The number of aryl methyl sites for hydroxylation is 1. The summed E-state index contributed by atoms with van der Waals surface area (Å²) in [5.74, 6) is 0.613. The summed E-state index contributed by atoms with van der Waals surface area (Å²) < 4.78 is 0. The van der Waals surface area contributed by atoms with Gasteiger partial charge in [-0.2, -0.15) is 0 Å². The summed E-state index contributed by atoms with van der Waals surface area (Å²) in [6.07, 6.45) is 4.61. The molecule has 2 aliphatic rings. The molecular formula is C32H36Cl2N2O2. The van der Waals surface area contributed by atoms with E-state index in [1.807, 2.05) is 29.2 Å². The zero-order valence-corrected chi connectivity index (χ0v) is 23.4. The first kappa shape index (κ1) is 28.4. The number of Topliss-reactive ketones (excluding diaryl/α,β-unsaturated/α-hetero) is 1. The van der Waals surface area contributed by atoms with Crippen molar-refractivity contribution in [1.82, 2.24) is 9.80 Å². The number of likely N-dealkylation sites (tertiary alicyclic amines) is 1. The number of carbonyl (C=O) groups is 2. The van der Waals surface area contributed by atoms with Crippen molar-refractivity contribution in [3.63, 3.8) is 0 Å². The number of halogens is 2. The van der Waals surface area contributed by atoms with Gasteiger partial charge in [0.25, 0.3) is 0 Å².